The van der Waals surface area contributed by atoms with Crippen LogP contribution in [0.5, 0.6) is 5.88 Å². The van der Waals surface area contributed by atoms with E-state index in [0.717, 1.165) is 27.9 Å². The zero-order chi connectivity index (χ0) is 47.8. The number of carbonyl (C=O) groups excluding carboxylic acids is 1. The van der Waals surface area contributed by atoms with Gasteiger partial charge in [0.1, 0.15) is 35.4 Å². The summed E-state index contributed by atoms with van der Waals surface area (Å²) in [6, 6.07) is 5.94. The van der Waals surface area contributed by atoms with Crippen molar-refractivity contribution in [1.29, 1.82) is 0 Å². The minimum absolute atomic E-state index is 0.00285. The molecular weight excluding hydrogens is 939 g/mol. The van der Waals surface area contributed by atoms with Gasteiger partial charge in [0.15, 0.2) is 11.5 Å². The van der Waals surface area contributed by atoms with Gasteiger partial charge in [-0.1, -0.05) is 11.6 Å². The van der Waals surface area contributed by atoms with Crippen molar-refractivity contribution in [2.45, 2.75) is 56.3 Å². The largest absolute Gasteiger partial charge is 0.478 e. The summed E-state index contributed by atoms with van der Waals surface area (Å²) < 4.78 is 163. The lowest BCUT2D eigenvalue weighted by atomic mass is 10.0. The molecule has 0 spiro atoms. The van der Waals surface area contributed by atoms with Gasteiger partial charge in [0.25, 0.3) is 17.9 Å². The lowest BCUT2D eigenvalue weighted by Crippen LogP contribution is -2.38. The number of aryl methyl sites for hydroxylation is 1. The van der Waals surface area contributed by atoms with Gasteiger partial charge in [-0.2, -0.15) is 37.1 Å². The highest BCUT2D eigenvalue weighted by Gasteiger charge is 2.67. The lowest BCUT2D eigenvalue weighted by Gasteiger charge is -2.24. The topological polar surface area (TPSA) is 171 Å². The first-order valence-corrected chi connectivity index (χ1v) is 22.1. The maximum atomic E-state index is 15.5. The number of aromatic nitrogens is 7. The molecule has 2 N–H and O–H groups in total. The van der Waals surface area contributed by atoms with Crippen LogP contribution in [0.3, 0.4) is 0 Å². The monoisotopic (exact) mass is 974 g/mol. The molecule has 0 bridgehead atoms. The van der Waals surface area contributed by atoms with Crippen LogP contribution in [-0.2, 0) is 40.8 Å². The summed E-state index contributed by atoms with van der Waals surface area (Å²) in [5, 5.41) is 10.3. The Bertz CT molecular complexity index is 3070. The van der Waals surface area contributed by atoms with Crippen molar-refractivity contribution in [3.8, 4) is 11.6 Å². The number of nitrogens with one attached hydrogen (secondary N) is 2. The van der Waals surface area contributed by atoms with E-state index in [9.17, 15) is 48.7 Å². The highest BCUT2D eigenvalue weighted by Crippen LogP contribution is 2.68. The fourth-order valence-corrected chi connectivity index (χ4v) is 9.16. The Labute approximate surface area is 372 Å². The molecule has 15 nitrogen and oxygen atoms in total. The number of carbonyl (C=O) groups is 1. The number of hydrogen-bond acceptors (Lipinski definition) is 10. The van der Waals surface area contributed by atoms with Crippen molar-refractivity contribution in [3.63, 3.8) is 0 Å². The number of rotatable bonds is 16. The molecule has 0 aliphatic heterocycles. The number of sulfonamides is 1. The molecule has 8 rings (SSSR count). The van der Waals surface area contributed by atoms with E-state index in [0.29, 0.717) is 10.7 Å². The number of benzene rings is 2. The van der Waals surface area contributed by atoms with E-state index in [1.54, 1.807) is 0 Å². The molecule has 0 saturated heterocycles. The summed E-state index contributed by atoms with van der Waals surface area (Å²) in [5.74, 6) is -9.75. The zero-order valence-electron chi connectivity index (χ0n) is 34.6. The molecule has 26 heteroatoms. The maximum Gasteiger partial charge on any atom is 0.401 e. The highest BCUT2D eigenvalue weighted by atomic mass is 35.5. The van der Waals surface area contributed by atoms with Crippen LogP contribution in [0.25, 0.3) is 27.6 Å². The van der Waals surface area contributed by atoms with E-state index in [1.807, 2.05) is 0 Å². The molecule has 2 aliphatic rings. The van der Waals surface area contributed by atoms with Crippen LogP contribution >= 0.6 is 11.6 Å². The van der Waals surface area contributed by atoms with Crippen LogP contribution in [0.2, 0.25) is 5.02 Å². The quantitative estimate of drug-likeness (QED) is 0.0789. The van der Waals surface area contributed by atoms with E-state index >= 15 is 8.78 Å². The zero-order valence-corrected chi connectivity index (χ0v) is 36.2. The van der Waals surface area contributed by atoms with Crippen molar-refractivity contribution < 1.29 is 57.5 Å². The summed E-state index contributed by atoms with van der Waals surface area (Å²) in [5.41, 5.74) is -3.50. The van der Waals surface area contributed by atoms with Crippen molar-refractivity contribution in [1.82, 2.24) is 44.3 Å². The first kappa shape index (κ1) is 46.6. The molecule has 352 valence electrons. The molecule has 4 heterocycles. The van der Waals surface area contributed by atoms with Crippen LogP contribution < -0.4 is 20.3 Å². The van der Waals surface area contributed by atoms with Crippen LogP contribution in [0.1, 0.15) is 59.6 Å². The predicted molar refractivity (Wildman–Crippen MR) is 219 cm³/mol. The highest BCUT2D eigenvalue weighted by molar-refractivity contribution is 7.92. The summed E-state index contributed by atoms with van der Waals surface area (Å²) >= 11 is 6.59. The average molecular weight is 975 g/mol. The first-order valence-electron chi connectivity index (χ1n) is 19.9. The van der Waals surface area contributed by atoms with Gasteiger partial charge in [0.05, 0.1) is 52.4 Å². The third kappa shape index (κ3) is 9.23. The van der Waals surface area contributed by atoms with E-state index in [-0.39, 0.29) is 81.5 Å². The second-order valence-electron chi connectivity index (χ2n) is 16.1. The molecule has 0 unspecified atom stereocenters. The summed E-state index contributed by atoms with van der Waals surface area (Å²) in [6.07, 6.45) is -7.32. The van der Waals surface area contributed by atoms with E-state index < -0.39 is 106 Å². The second kappa shape index (κ2) is 17.0. The molecule has 3 atom stereocenters. The summed E-state index contributed by atoms with van der Waals surface area (Å²) in [6.45, 7) is -2.37. The van der Waals surface area contributed by atoms with Crippen molar-refractivity contribution in [2.75, 3.05) is 37.7 Å². The molecule has 1 saturated carbocycles. The molecule has 2 aliphatic carbocycles. The smallest absolute Gasteiger partial charge is 0.401 e. The Kier molecular flexibility index (Phi) is 12.0. The number of nitrogens with zero attached hydrogens (tertiary/aromatic N) is 8. The van der Waals surface area contributed by atoms with Gasteiger partial charge in [-0.05, 0) is 61.7 Å². The number of fused-ring (bicyclic) bond motifs is 5. The van der Waals surface area contributed by atoms with Crippen molar-refractivity contribution >= 4 is 55.3 Å². The number of ether oxygens (including phenoxy) is 1. The Morgan fingerprint density at radius 3 is 2.45 bits per heavy atom. The Balaban J connectivity index is 1.27. The van der Waals surface area contributed by atoms with Gasteiger partial charge in [-0.25, -0.2) is 31.0 Å². The molecule has 66 heavy (non-hydrogen) atoms. The average Bonchev–Trinajstić information content (AvgIpc) is 3.74. The standard InChI is InChI=1S/C40H36ClF9N10O5S/c1-57(17-39(46,47)48)9-4-10-65-28-8-5-21-35(52-28)53-37(60(38(21)62)26-7-6-24(41)30-32(26)58(2)55-36(30)56-66(3,63)64)25(13-18-11-19(42)14-20(43)12-18)51-27(61)16-59-33-29(31(54-59)34(44)45)22-15-23(22)40(33,49)50/h5-8,11-12,14,22-23,25,34H,4,9-10,13,15-17H2,1-3H3,(H,51,61)(H,55,56)/t22-,23+,25-/m0/s1. The van der Waals surface area contributed by atoms with E-state index in [4.69, 9.17) is 16.3 Å². The maximum absolute atomic E-state index is 15.5. The van der Waals surface area contributed by atoms with Gasteiger partial charge in [0.2, 0.25) is 21.8 Å². The van der Waals surface area contributed by atoms with Crippen LogP contribution in [0.4, 0.5) is 45.3 Å². The molecular formula is C40H36ClF9N10O5S. The van der Waals surface area contributed by atoms with Crippen LogP contribution in [0, 0.1) is 17.6 Å². The first-order chi connectivity index (χ1) is 30.9. The van der Waals surface area contributed by atoms with Gasteiger partial charge in [-0.3, -0.25) is 33.1 Å². The number of amides is 1. The van der Waals surface area contributed by atoms with E-state index in [2.05, 4.69) is 30.2 Å². The van der Waals surface area contributed by atoms with Crippen LogP contribution in [0.15, 0.2) is 47.3 Å². The van der Waals surface area contributed by atoms with Crippen molar-refractivity contribution in [3.05, 3.63) is 97.8 Å². The van der Waals surface area contributed by atoms with Crippen molar-refractivity contribution in [2.24, 2.45) is 13.0 Å². The van der Waals surface area contributed by atoms with Gasteiger partial charge in [-0.15, -0.1) is 0 Å². The number of hydrogen-bond donors (Lipinski definition) is 2. The fourth-order valence-electron chi connectivity index (χ4n) is 8.42. The normalized spacial score (nSPS) is 17.1. The third-order valence-electron chi connectivity index (χ3n) is 11.0. The Morgan fingerprint density at radius 2 is 1.79 bits per heavy atom. The minimum atomic E-state index is -4.43. The number of halogens is 10. The van der Waals surface area contributed by atoms with Gasteiger partial charge in [0, 0.05) is 43.6 Å². The molecule has 1 amide bonds. The van der Waals surface area contributed by atoms with Gasteiger partial charge >= 0.3 is 6.18 Å². The molecule has 1 fully saturated rings. The predicted octanol–water partition coefficient (Wildman–Crippen LogP) is 6.68. The second-order valence-corrected chi connectivity index (χ2v) is 18.3. The third-order valence-corrected chi connectivity index (χ3v) is 11.9. The number of alkyl halides is 7. The van der Waals surface area contributed by atoms with Crippen LogP contribution in [-0.4, -0.2) is 92.5 Å². The SMILES string of the molecule is CN(CCCOc1ccc2c(=O)n(-c3ccc(Cl)c4c(NS(C)(=O)=O)nn(C)c34)c([C@H](Cc3cc(F)cc(F)c3)NC(=O)Cn3nc(C(F)F)c4c3C(F)(F)[C@@H]3C[C@H]43)nc2n1)CC(F)(F)F. The van der Waals surface area contributed by atoms with E-state index in [1.165, 1.54) is 43.0 Å². The molecule has 6 aromatic rings. The fraction of sp³-hybridized carbons (Fsp3) is 0.400. The molecule has 4 aromatic heterocycles. The lowest BCUT2D eigenvalue weighted by molar-refractivity contribution is -0.143. The summed E-state index contributed by atoms with van der Waals surface area (Å²) in [4.78, 5) is 39.0. The number of pyridine rings is 1. The molecule has 2 aromatic carbocycles. The number of anilines is 1. The van der Waals surface area contributed by atoms with Gasteiger partial charge < -0.3 is 10.1 Å². The summed E-state index contributed by atoms with van der Waals surface area (Å²) in [7, 11) is -1.30. The Morgan fingerprint density at radius 1 is 1.08 bits per heavy atom. The molecule has 0 radical (unpaired) electrons. The Hall–Kier alpha value is -5.95. The minimum Gasteiger partial charge on any atom is -0.478 e.